The van der Waals surface area contributed by atoms with E-state index < -0.39 is 0 Å². The van der Waals surface area contributed by atoms with Gasteiger partial charge in [0.25, 0.3) is 5.69 Å². The van der Waals surface area contributed by atoms with E-state index in [1.54, 1.807) is 17.0 Å². The zero-order valence-electron chi connectivity index (χ0n) is 9.26. The van der Waals surface area contributed by atoms with Gasteiger partial charge in [0.2, 0.25) is 0 Å². The quantitative estimate of drug-likeness (QED) is 0.352. The van der Waals surface area contributed by atoms with Crippen molar-refractivity contribution in [3.8, 4) is 0 Å². The van der Waals surface area contributed by atoms with Crippen molar-refractivity contribution in [3.05, 3.63) is 33.9 Å². The van der Waals surface area contributed by atoms with Gasteiger partial charge in [-0.15, -0.1) is 0 Å². The zero-order valence-corrected chi connectivity index (χ0v) is 10.9. The molecule has 0 atom stereocenters. The van der Waals surface area contributed by atoms with Crippen LogP contribution in [0, 0.1) is 17.0 Å². The highest BCUT2D eigenvalue weighted by atomic mass is 32.2. The molecule has 0 spiro atoms. The molecular formula is C10H12N2O2S2. The summed E-state index contributed by atoms with van der Waals surface area (Å²) < 4.78 is 0.605. The van der Waals surface area contributed by atoms with Gasteiger partial charge in [-0.05, 0) is 18.6 Å². The van der Waals surface area contributed by atoms with Gasteiger partial charge in [-0.3, -0.25) is 10.1 Å². The van der Waals surface area contributed by atoms with Crippen LogP contribution in [0.1, 0.15) is 5.56 Å². The van der Waals surface area contributed by atoms with Crippen molar-refractivity contribution in [3.63, 3.8) is 0 Å². The Morgan fingerprint density at radius 3 is 2.62 bits per heavy atom. The van der Waals surface area contributed by atoms with Crippen molar-refractivity contribution < 1.29 is 4.92 Å². The standard InChI is InChI=1S/C10H12N2O2S2/c1-7-4-5-8(12(13)14)9(6-7)16-10(15)11(2)3/h4-6H,1-3H3. The van der Waals surface area contributed by atoms with Gasteiger partial charge in [-0.1, -0.05) is 30.0 Å². The van der Waals surface area contributed by atoms with Crippen LogP contribution < -0.4 is 0 Å². The average molecular weight is 256 g/mol. The van der Waals surface area contributed by atoms with Gasteiger partial charge in [0.15, 0.2) is 0 Å². The first-order chi connectivity index (χ1) is 7.41. The minimum Gasteiger partial charge on any atom is -0.363 e. The number of nitrogens with zero attached hydrogens (tertiary/aromatic N) is 2. The maximum atomic E-state index is 10.8. The van der Waals surface area contributed by atoms with Crippen molar-refractivity contribution in [1.29, 1.82) is 0 Å². The SMILES string of the molecule is Cc1ccc([N+](=O)[O-])c(SC(=S)N(C)C)c1. The largest absolute Gasteiger partial charge is 0.363 e. The van der Waals surface area contributed by atoms with Gasteiger partial charge >= 0.3 is 0 Å². The Labute approximate surface area is 104 Å². The molecule has 1 rings (SSSR count). The molecule has 0 radical (unpaired) electrons. The second kappa shape index (κ2) is 5.27. The van der Waals surface area contributed by atoms with E-state index in [-0.39, 0.29) is 10.6 Å². The molecule has 0 amide bonds. The van der Waals surface area contributed by atoms with Crippen molar-refractivity contribution in [1.82, 2.24) is 4.90 Å². The Balaban J connectivity index is 3.06. The van der Waals surface area contributed by atoms with E-state index in [4.69, 9.17) is 12.2 Å². The molecule has 0 heterocycles. The summed E-state index contributed by atoms with van der Waals surface area (Å²) in [4.78, 5) is 12.8. The van der Waals surface area contributed by atoms with Crippen molar-refractivity contribution in [2.75, 3.05) is 14.1 Å². The van der Waals surface area contributed by atoms with Gasteiger partial charge in [-0.25, -0.2) is 0 Å². The molecule has 1 aromatic rings. The summed E-state index contributed by atoms with van der Waals surface area (Å²) in [6.45, 7) is 1.90. The summed E-state index contributed by atoms with van der Waals surface area (Å²) in [7, 11) is 3.63. The van der Waals surface area contributed by atoms with E-state index in [0.717, 1.165) is 5.56 Å². The van der Waals surface area contributed by atoms with E-state index in [9.17, 15) is 10.1 Å². The number of rotatable bonds is 2. The van der Waals surface area contributed by atoms with Gasteiger partial charge in [0, 0.05) is 20.2 Å². The first-order valence-electron chi connectivity index (χ1n) is 4.56. The van der Waals surface area contributed by atoms with Crippen LogP contribution in [0.5, 0.6) is 0 Å². The van der Waals surface area contributed by atoms with Crippen LogP contribution >= 0.6 is 24.0 Å². The molecule has 0 bridgehead atoms. The number of hydrogen-bond donors (Lipinski definition) is 0. The summed E-state index contributed by atoms with van der Waals surface area (Å²) in [5.74, 6) is 0. The highest BCUT2D eigenvalue weighted by Crippen LogP contribution is 2.31. The molecule has 0 aromatic heterocycles. The summed E-state index contributed by atoms with van der Waals surface area (Å²) in [5, 5.41) is 10.8. The molecule has 0 saturated carbocycles. The second-order valence-electron chi connectivity index (χ2n) is 3.49. The first-order valence-corrected chi connectivity index (χ1v) is 5.78. The summed E-state index contributed by atoms with van der Waals surface area (Å²) in [6, 6.07) is 5.01. The Morgan fingerprint density at radius 2 is 2.12 bits per heavy atom. The number of nitro benzene ring substituents is 1. The first kappa shape index (κ1) is 12.9. The minimum absolute atomic E-state index is 0.0970. The number of thiocarbonyl (C=S) groups is 1. The molecule has 0 unspecified atom stereocenters. The summed E-state index contributed by atoms with van der Waals surface area (Å²) >= 11 is 6.35. The number of aryl methyl sites for hydroxylation is 1. The van der Waals surface area contributed by atoms with E-state index in [1.807, 2.05) is 21.0 Å². The third kappa shape index (κ3) is 3.18. The van der Waals surface area contributed by atoms with Crippen LogP contribution in [0.15, 0.2) is 23.1 Å². The number of hydrogen-bond acceptors (Lipinski definition) is 4. The predicted octanol–water partition coefficient (Wildman–Crippen LogP) is 2.84. The molecule has 0 saturated heterocycles. The molecule has 0 fully saturated rings. The fourth-order valence-electron chi connectivity index (χ4n) is 1.04. The van der Waals surface area contributed by atoms with Crippen LogP contribution in [0.2, 0.25) is 0 Å². The van der Waals surface area contributed by atoms with Gasteiger partial charge < -0.3 is 4.90 Å². The monoisotopic (exact) mass is 256 g/mol. The lowest BCUT2D eigenvalue weighted by Crippen LogP contribution is -2.16. The minimum atomic E-state index is -0.389. The molecule has 0 aliphatic carbocycles. The number of nitro groups is 1. The second-order valence-corrected chi connectivity index (χ2v) is 5.17. The fourth-order valence-corrected chi connectivity index (χ4v) is 2.17. The Kier molecular flexibility index (Phi) is 4.26. The van der Waals surface area contributed by atoms with E-state index >= 15 is 0 Å². The summed E-state index contributed by atoms with van der Waals surface area (Å²) in [5.41, 5.74) is 1.08. The topological polar surface area (TPSA) is 46.4 Å². The maximum Gasteiger partial charge on any atom is 0.283 e. The van der Waals surface area contributed by atoms with Crippen LogP contribution in [-0.2, 0) is 0 Å². The lowest BCUT2D eigenvalue weighted by atomic mass is 10.2. The summed E-state index contributed by atoms with van der Waals surface area (Å²) in [6.07, 6.45) is 0. The number of benzene rings is 1. The third-order valence-electron chi connectivity index (χ3n) is 1.87. The highest BCUT2D eigenvalue weighted by Gasteiger charge is 2.16. The van der Waals surface area contributed by atoms with E-state index in [1.165, 1.54) is 17.8 Å². The highest BCUT2D eigenvalue weighted by molar-refractivity contribution is 8.23. The maximum absolute atomic E-state index is 10.8. The normalized spacial score (nSPS) is 9.94. The number of thioether (sulfide) groups is 1. The van der Waals surface area contributed by atoms with Crippen LogP contribution in [-0.4, -0.2) is 28.2 Å². The molecule has 6 heteroatoms. The van der Waals surface area contributed by atoms with Crippen LogP contribution in [0.4, 0.5) is 5.69 Å². The molecular weight excluding hydrogens is 244 g/mol. The molecule has 0 N–H and O–H groups in total. The predicted molar refractivity (Wildman–Crippen MR) is 70.0 cm³/mol. The molecule has 0 aliphatic heterocycles. The van der Waals surface area contributed by atoms with Gasteiger partial charge in [0.1, 0.15) is 4.32 Å². The van der Waals surface area contributed by atoms with Crippen LogP contribution in [0.3, 0.4) is 0 Å². The molecule has 0 aliphatic rings. The van der Waals surface area contributed by atoms with Crippen molar-refractivity contribution in [2.45, 2.75) is 11.8 Å². The van der Waals surface area contributed by atoms with Gasteiger partial charge in [0.05, 0.1) is 9.82 Å². The van der Waals surface area contributed by atoms with Gasteiger partial charge in [-0.2, -0.15) is 0 Å². The Morgan fingerprint density at radius 1 is 1.50 bits per heavy atom. The van der Waals surface area contributed by atoms with E-state index in [0.29, 0.717) is 9.22 Å². The third-order valence-corrected chi connectivity index (χ3v) is 3.58. The smallest absolute Gasteiger partial charge is 0.283 e. The lowest BCUT2D eigenvalue weighted by Gasteiger charge is -2.12. The molecule has 16 heavy (non-hydrogen) atoms. The van der Waals surface area contributed by atoms with Crippen LogP contribution in [0.25, 0.3) is 0 Å². The Bertz CT molecular complexity index is 433. The molecule has 4 nitrogen and oxygen atoms in total. The Hall–Kier alpha value is -1.14. The molecule has 86 valence electrons. The van der Waals surface area contributed by atoms with Crippen molar-refractivity contribution in [2.24, 2.45) is 0 Å². The van der Waals surface area contributed by atoms with Crippen molar-refractivity contribution >= 4 is 34.0 Å². The molecule has 1 aromatic carbocycles. The average Bonchev–Trinajstić information content (AvgIpc) is 2.16. The lowest BCUT2D eigenvalue weighted by molar-refractivity contribution is -0.387. The van der Waals surface area contributed by atoms with E-state index in [2.05, 4.69) is 0 Å². The fraction of sp³-hybridized carbons (Fsp3) is 0.300. The zero-order chi connectivity index (χ0) is 12.3.